The van der Waals surface area contributed by atoms with E-state index in [0.717, 1.165) is 8.19 Å². The smallest absolute Gasteiger partial charge is 0.0102 e. The fraction of sp³-hybridized carbons (Fsp3) is 0.111. The third kappa shape index (κ3) is 1.74. The number of aryl methyl sites for hydroxylation is 2. The molecule has 0 saturated heterocycles. The molecule has 2 aromatic carbocycles. The second-order valence-electron chi connectivity index (χ2n) is 5.11. The molecule has 0 saturated carbocycles. The van der Waals surface area contributed by atoms with Gasteiger partial charge in [-0.25, -0.2) is 0 Å². The van der Waals surface area contributed by atoms with E-state index in [4.69, 9.17) is 0 Å². The van der Waals surface area contributed by atoms with E-state index in [1.165, 1.54) is 41.9 Å². The lowest BCUT2D eigenvalue weighted by atomic mass is 10.00. The molecule has 0 spiro atoms. The van der Waals surface area contributed by atoms with E-state index >= 15 is 0 Å². The minimum atomic E-state index is 0.785. The first-order valence-corrected chi connectivity index (χ1v) is 8.55. The normalized spacial score (nSPS) is 11.9. The van der Waals surface area contributed by atoms with Crippen molar-refractivity contribution in [1.82, 2.24) is 0 Å². The van der Waals surface area contributed by atoms with Gasteiger partial charge in [-0.1, -0.05) is 42.5 Å². The Kier molecular flexibility index (Phi) is 2.73. The molecule has 2 heterocycles. The number of thiophene rings is 1. The van der Waals surface area contributed by atoms with Gasteiger partial charge >= 0.3 is 0 Å². The molecule has 20 heavy (non-hydrogen) atoms. The first-order valence-electron chi connectivity index (χ1n) is 6.73. The summed E-state index contributed by atoms with van der Waals surface area (Å²) in [6.07, 6.45) is 0. The third-order valence-electron chi connectivity index (χ3n) is 3.76. The van der Waals surface area contributed by atoms with Crippen LogP contribution in [0.2, 0.25) is 0 Å². The van der Waals surface area contributed by atoms with E-state index < -0.39 is 0 Å². The molecular weight excluding hydrogens is 279 g/mol. The Balaban J connectivity index is 2.16. The summed E-state index contributed by atoms with van der Waals surface area (Å²) >= 11 is 1.84. The van der Waals surface area contributed by atoms with Gasteiger partial charge in [-0.2, -0.15) is 0 Å². The van der Waals surface area contributed by atoms with Crippen molar-refractivity contribution >= 4 is 40.5 Å². The summed E-state index contributed by atoms with van der Waals surface area (Å²) in [6, 6.07) is 19.0. The molecule has 0 bridgehead atoms. The van der Waals surface area contributed by atoms with E-state index in [9.17, 15) is 0 Å². The van der Waals surface area contributed by atoms with Gasteiger partial charge in [-0.3, -0.25) is 0 Å². The highest BCUT2D eigenvalue weighted by Crippen LogP contribution is 2.44. The first kappa shape index (κ1) is 12.2. The van der Waals surface area contributed by atoms with Crippen molar-refractivity contribution in [2.45, 2.75) is 13.8 Å². The van der Waals surface area contributed by atoms with Gasteiger partial charge in [-0.05, 0) is 29.9 Å². The van der Waals surface area contributed by atoms with Gasteiger partial charge in [0.1, 0.15) is 0 Å². The van der Waals surface area contributed by atoms with Crippen LogP contribution >= 0.6 is 19.5 Å². The molecule has 1 atom stereocenters. The summed E-state index contributed by atoms with van der Waals surface area (Å²) < 4.78 is 0. The summed E-state index contributed by atoms with van der Waals surface area (Å²) in [7, 11) is 0.785. The van der Waals surface area contributed by atoms with Gasteiger partial charge in [-0.15, -0.1) is 19.5 Å². The van der Waals surface area contributed by atoms with Crippen LogP contribution in [0.15, 0.2) is 42.5 Å². The van der Waals surface area contributed by atoms with Crippen LogP contribution in [0.4, 0.5) is 0 Å². The molecule has 0 aliphatic rings. The zero-order chi connectivity index (χ0) is 13.7. The second-order valence-corrected chi connectivity index (χ2v) is 7.87. The van der Waals surface area contributed by atoms with Crippen LogP contribution in [0, 0.1) is 19.9 Å². The van der Waals surface area contributed by atoms with Crippen molar-refractivity contribution in [3.05, 3.63) is 58.3 Å². The Morgan fingerprint density at radius 1 is 0.950 bits per heavy atom. The highest BCUT2D eigenvalue weighted by Gasteiger charge is 2.12. The monoisotopic (exact) mass is 293 g/mol. The van der Waals surface area contributed by atoms with Gasteiger partial charge in [0.25, 0.3) is 0 Å². The third-order valence-corrected chi connectivity index (χ3v) is 6.07. The number of hydrogen-bond donors (Lipinski definition) is 0. The molecule has 0 nitrogen and oxygen atoms in total. The van der Waals surface area contributed by atoms with Gasteiger partial charge in [0.05, 0.1) is 0 Å². The minimum absolute atomic E-state index is 0.785. The maximum atomic E-state index is 3.54. The maximum absolute atomic E-state index is 3.54. The summed E-state index contributed by atoms with van der Waals surface area (Å²) in [4.78, 5) is 2.63. The zero-order valence-corrected chi connectivity index (χ0v) is 13.3. The molecule has 2 aromatic heterocycles. The number of fused-ring (bicyclic) bond motifs is 3. The molecule has 0 N–H and O–H groups in total. The molecule has 1 unspecified atom stereocenters. The number of rotatable bonds is 1. The van der Waals surface area contributed by atoms with Crippen molar-refractivity contribution in [1.29, 1.82) is 0 Å². The molecule has 0 aliphatic heterocycles. The highest BCUT2D eigenvalue weighted by molar-refractivity contribution is 7.44. The largest absolute Gasteiger partial charge is 0.145 e. The fourth-order valence-electron chi connectivity index (χ4n) is 2.94. The average molecular weight is 293 g/mol. The van der Waals surface area contributed by atoms with Crippen LogP contribution in [0.1, 0.15) is 9.75 Å². The molecule has 0 amide bonds. The Labute approximate surface area is 124 Å². The molecule has 4 rings (SSSR count). The van der Waals surface area contributed by atoms with Crippen LogP contribution < -0.4 is 0 Å². The molecule has 0 fully saturated rings. The van der Waals surface area contributed by atoms with Gasteiger partial charge in [0, 0.05) is 31.9 Å². The molecule has 97 valence electrons. The van der Waals surface area contributed by atoms with Crippen molar-refractivity contribution in [3.8, 4) is 11.1 Å². The van der Waals surface area contributed by atoms with Crippen molar-refractivity contribution in [2.75, 3.05) is 0 Å². The Hall–Kier alpha value is -1.56. The quantitative estimate of drug-likeness (QED) is 0.393. The van der Waals surface area contributed by atoms with E-state index in [-0.39, 0.29) is 0 Å². The number of hydrogen-bond acceptors (Lipinski definition) is 1. The molecular formula is C18H14PS. The van der Waals surface area contributed by atoms with Crippen LogP contribution in [-0.2, 0) is 0 Å². The maximum Gasteiger partial charge on any atom is 0.0102 e. The fourth-order valence-corrected chi connectivity index (χ4v) is 5.20. The minimum Gasteiger partial charge on any atom is -0.145 e. The summed E-state index contributed by atoms with van der Waals surface area (Å²) in [6.45, 7) is 4.34. The van der Waals surface area contributed by atoms with Crippen LogP contribution in [0.5, 0.6) is 0 Å². The van der Waals surface area contributed by atoms with E-state index in [1.807, 2.05) is 11.3 Å². The second kappa shape index (κ2) is 4.48. The summed E-state index contributed by atoms with van der Waals surface area (Å²) in [5.41, 5.74) is 2.63. The lowest BCUT2D eigenvalue weighted by Crippen LogP contribution is -1.79. The Morgan fingerprint density at radius 2 is 1.75 bits per heavy atom. The summed E-state index contributed by atoms with van der Waals surface area (Å²) in [5.74, 6) is 0. The lowest BCUT2D eigenvalue weighted by Gasteiger charge is -2.03. The predicted octanol–water partition coefficient (Wildman–Crippen LogP) is 6.17. The van der Waals surface area contributed by atoms with Gasteiger partial charge in [0.15, 0.2) is 0 Å². The molecule has 1 radical (unpaired) electrons. The van der Waals surface area contributed by atoms with Gasteiger partial charge in [0.2, 0.25) is 0 Å². The van der Waals surface area contributed by atoms with Crippen molar-refractivity contribution in [3.63, 3.8) is 0 Å². The summed E-state index contributed by atoms with van der Waals surface area (Å²) in [5, 5.41) is 5.78. The van der Waals surface area contributed by atoms with E-state index in [0.29, 0.717) is 0 Å². The van der Waals surface area contributed by atoms with E-state index in [1.54, 1.807) is 0 Å². The predicted molar refractivity (Wildman–Crippen MR) is 92.6 cm³/mol. The van der Waals surface area contributed by atoms with Crippen LogP contribution in [0.3, 0.4) is 0 Å². The lowest BCUT2D eigenvalue weighted by molar-refractivity contribution is 1.58. The Morgan fingerprint density at radius 3 is 2.55 bits per heavy atom. The average Bonchev–Trinajstić information content (AvgIpc) is 2.98. The molecule has 2 heteroatoms. The first-order chi connectivity index (χ1) is 9.74. The zero-order valence-electron chi connectivity index (χ0n) is 11.4. The number of benzene rings is 2. The topological polar surface area (TPSA) is 0 Å². The Bertz CT molecular complexity index is 927. The SMILES string of the molecule is Cc1[c]c(-c2cccc3[pH]c4ccccc4c23)c(C)s1. The molecule has 0 aliphatic carbocycles. The molecule has 4 aromatic rings. The standard InChI is InChI=1S/C18H14PS/c1-11-10-15(12(2)20-11)13-7-5-9-17-18(13)14-6-3-4-8-16(14)19-17/h3-9,19H,1-2H3. The van der Waals surface area contributed by atoms with Crippen molar-refractivity contribution in [2.24, 2.45) is 0 Å². The van der Waals surface area contributed by atoms with Crippen molar-refractivity contribution < 1.29 is 0 Å². The highest BCUT2D eigenvalue weighted by atomic mass is 32.1. The van der Waals surface area contributed by atoms with Crippen LogP contribution in [0.25, 0.3) is 32.1 Å². The van der Waals surface area contributed by atoms with E-state index in [2.05, 4.69) is 62.4 Å². The van der Waals surface area contributed by atoms with Gasteiger partial charge < -0.3 is 0 Å². The van der Waals surface area contributed by atoms with Crippen LogP contribution in [-0.4, -0.2) is 0 Å².